The van der Waals surface area contributed by atoms with Gasteiger partial charge in [0.15, 0.2) is 0 Å². The van der Waals surface area contributed by atoms with Gasteiger partial charge in [-0.15, -0.1) is 11.3 Å². The monoisotopic (exact) mass is 303 g/mol. The predicted molar refractivity (Wildman–Crippen MR) is 90.5 cm³/mol. The molecule has 114 valence electrons. The van der Waals surface area contributed by atoms with Crippen LogP contribution in [0, 0.1) is 11.8 Å². The van der Waals surface area contributed by atoms with Crippen molar-refractivity contribution in [1.82, 2.24) is 4.98 Å². The van der Waals surface area contributed by atoms with Crippen molar-refractivity contribution in [1.29, 1.82) is 0 Å². The molecule has 2 nitrogen and oxygen atoms in total. The zero-order chi connectivity index (χ0) is 15.4. The van der Waals surface area contributed by atoms with Gasteiger partial charge in [-0.1, -0.05) is 58.0 Å². The Bertz CT molecular complexity index is 560. The van der Waals surface area contributed by atoms with Crippen molar-refractivity contribution in [3.63, 3.8) is 0 Å². The van der Waals surface area contributed by atoms with Crippen LogP contribution >= 0.6 is 11.3 Å². The Morgan fingerprint density at radius 1 is 1.05 bits per heavy atom. The van der Waals surface area contributed by atoms with E-state index in [1.54, 1.807) is 11.3 Å². The molecule has 1 aromatic carbocycles. The standard InChI is InChI=1S/C18H25NOS/c1-12(2)10-15(20)17-16(11-13(3)4)21-18(19-17)14-8-6-5-7-9-14/h5-9,12-13,15,20H,10-11H2,1-4H3/t15-/m0/s1. The molecule has 0 aliphatic carbocycles. The first kappa shape index (κ1) is 16.2. The number of aliphatic hydroxyl groups is 1. The van der Waals surface area contributed by atoms with Crippen molar-refractivity contribution in [2.24, 2.45) is 11.8 Å². The largest absolute Gasteiger partial charge is 0.387 e. The Balaban J connectivity index is 2.35. The molecule has 2 aromatic rings. The van der Waals surface area contributed by atoms with E-state index in [1.165, 1.54) is 4.88 Å². The fourth-order valence-corrected chi connectivity index (χ4v) is 3.74. The van der Waals surface area contributed by atoms with Crippen LogP contribution in [0.15, 0.2) is 30.3 Å². The minimum atomic E-state index is -0.451. The van der Waals surface area contributed by atoms with Crippen LogP contribution in [0.2, 0.25) is 0 Å². The molecule has 21 heavy (non-hydrogen) atoms. The lowest BCUT2D eigenvalue weighted by Gasteiger charge is -2.13. The molecule has 0 saturated heterocycles. The van der Waals surface area contributed by atoms with Crippen LogP contribution in [-0.2, 0) is 6.42 Å². The van der Waals surface area contributed by atoms with Crippen LogP contribution in [-0.4, -0.2) is 10.1 Å². The Morgan fingerprint density at radius 2 is 1.71 bits per heavy atom. The van der Waals surface area contributed by atoms with Gasteiger partial charge in [-0.3, -0.25) is 0 Å². The summed E-state index contributed by atoms with van der Waals surface area (Å²) in [5.74, 6) is 1.04. The molecule has 0 radical (unpaired) electrons. The van der Waals surface area contributed by atoms with E-state index in [0.29, 0.717) is 11.8 Å². The van der Waals surface area contributed by atoms with E-state index in [-0.39, 0.29) is 0 Å². The highest BCUT2D eigenvalue weighted by Gasteiger charge is 2.20. The molecular formula is C18H25NOS. The summed E-state index contributed by atoms with van der Waals surface area (Å²) in [7, 11) is 0. The van der Waals surface area contributed by atoms with Gasteiger partial charge in [0.1, 0.15) is 5.01 Å². The molecule has 0 unspecified atom stereocenters. The van der Waals surface area contributed by atoms with Crippen molar-refractivity contribution in [3.8, 4) is 10.6 Å². The summed E-state index contributed by atoms with van der Waals surface area (Å²) in [6, 6.07) is 10.2. The molecule has 0 saturated carbocycles. The topological polar surface area (TPSA) is 33.1 Å². The molecule has 0 aliphatic rings. The Hall–Kier alpha value is -1.19. The summed E-state index contributed by atoms with van der Waals surface area (Å²) in [4.78, 5) is 5.99. The van der Waals surface area contributed by atoms with E-state index in [0.717, 1.165) is 29.1 Å². The van der Waals surface area contributed by atoms with Gasteiger partial charge in [0.2, 0.25) is 0 Å². The predicted octanol–water partition coefficient (Wildman–Crippen LogP) is 5.09. The molecule has 0 aliphatic heterocycles. The Kier molecular flexibility index (Phi) is 5.54. The van der Waals surface area contributed by atoms with E-state index >= 15 is 0 Å². The fraction of sp³-hybridized carbons (Fsp3) is 0.500. The molecule has 0 amide bonds. The third-order valence-electron chi connectivity index (χ3n) is 3.35. The van der Waals surface area contributed by atoms with Crippen LogP contribution in [0.1, 0.15) is 50.8 Å². The molecule has 0 spiro atoms. The number of hydrogen-bond acceptors (Lipinski definition) is 3. The third-order valence-corrected chi connectivity index (χ3v) is 4.49. The quantitative estimate of drug-likeness (QED) is 0.806. The SMILES string of the molecule is CC(C)Cc1sc(-c2ccccc2)nc1[C@@H](O)CC(C)C. The maximum atomic E-state index is 10.5. The smallest absolute Gasteiger partial charge is 0.123 e. The molecule has 3 heteroatoms. The molecule has 1 heterocycles. The maximum absolute atomic E-state index is 10.5. The van der Waals surface area contributed by atoms with E-state index in [4.69, 9.17) is 4.98 Å². The highest BCUT2D eigenvalue weighted by molar-refractivity contribution is 7.15. The average molecular weight is 303 g/mol. The second-order valence-electron chi connectivity index (χ2n) is 6.44. The average Bonchev–Trinajstić information content (AvgIpc) is 2.82. The maximum Gasteiger partial charge on any atom is 0.123 e. The van der Waals surface area contributed by atoms with E-state index in [1.807, 2.05) is 18.2 Å². The van der Waals surface area contributed by atoms with Gasteiger partial charge < -0.3 is 5.11 Å². The first-order valence-electron chi connectivity index (χ1n) is 7.70. The normalized spacial score (nSPS) is 13.1. The van der Waals surface area contributed by atoms with Crippen LogP contribution in [0.4, 0.5) is 0 Å². The van der Waals surface area contributed by atoms with Crippen molar-refractivity contribution in [3.05, 3.63) is 40.9 Å². The van der Waals surface area contributed by atoms with Gasteiger partial charge in [-0.2, -0.15) is 0 Å². The highest BCUT2D eigenvalue weighted by atomic mass is 32.1. The van der Waals surface area contributed by atoms with Gasteiger partial charge in [0, 0.05) is 10.4 Å². The zero-order valence-electron chi connectivity index (χ0n) is 13.3. The van der Waals surface area contributed by atoms with Crippen molar-refractivity contribution in [2.75, 3.05) is 0 Å². The second-order valence-corrected chi connectivity index (χ2v) is 7.52. The summed E-state index contributed by atoms with van der Waals surface area (Å²) in [6.07, 6.45) is 1.30. The summed E-state index contributed by atoms with van der Waals surface area (Å²) < 4.78 is 0. The van der Waals surface area contributed by atoms with Gasteiger partial charge in [0.05, 0.1) is 11.8 Å². The lowest BCUT2D eigenvalue weighted by molar-refractivity contribution is 0.146. The number of aromatic nitrogens is 1. The lowest BCUT2D eigenvalue weighted by Crippen LogP contribution is -2.06. The first-order chi connectivity index (χ1) is 9.97. The van der Waals surface area contributed by atoms with Crippen LogP contribution in [0.3, 0.4) is 0 Å². The third kappa shape index (κ3) is 4.39. The number of benzene rings is 1. The minimum absolute atomic E-state index is 0.451. The molecule has 2 rings (SSSR count). The molecular weight excluding hydrogens is 278 g/mol. The van der Waals surface area contributed by atoms with Gasteiger partial charge in [-0.05, 0) is 24.7 Å². The minimum Gasteiger partial charge on any atom is -0.387 e. The second kappa shape index (κ2) is 7.19. The first-order valence-corrected chi connectivity index (χ1v) is 8.52. The van der Waals surface area contributed by atoms with Crippen LogP contribution < -0.4 is 0 Å². The lowest BCUT2D eigenvalue weighted by atomic mass is 10.0. The summed E-state index contributed by atoms with van der Waals surface area (Å²) in [6.45, 7) is 8.69. The van der Waals surface area contributed by atoms with Gasteiger partial charge in [-0.25, -0.2) is 4.98 Å². The van der Waals surface area contributed by atoms with Gasteiger partial charge >= 0.3 is 0 Å². The Labute approximate surface area is 131 Å². The number of hydrogen-bond donors (Lipinski definition) is 1. The molecule has 0 bridgehead atoms. The van der Waals surface area contributed by atoms with E-state index in [2.05, 4.69) is 39.8 Å². The highest BCUT2D eigenvalue weighted by Crippen LogP contribution is 2.34. The Morgan fingerprint density at radius 3 is 2.29 bits per heavy atom. The summed E-state index contributed by atoms with van der Waals surface area (Å²) in [5, 5.41) is 11.5. The molecule has 0 fully saturated rings. The van der Waals surface area contributed by atoms with E-state index < -0.39 is 6.10 Å². The van der Waals surface area contributed by atoms with Crippen LogP contribution in [0.25, 0.3) is 10.6 Å². The van der Waals surface area contributed by atoms with Gasteiger partial charge in [0.25, 0.3) is 0 Å². The number of aliphatic hydroxyl groups excluding tert-OH is 1. The zero-order valence-corrected chi connectivity index (χ0v) is 14.2. The van der Waals surface area contributed by atoms with Crippen molar-refractivity contribution in [2.45, 2.75) is 46.6 Å². The summed E-state index contributed by atoms with van der Waals surface area (Å²) >= 11 is 1.73. The van der Waals surface area contributed by atoms with Crippen LogP contribution in [0.5, 0.6) is 0 Å². The fourth-order valence-electron chi connectivity index (χ4n) is 2.40. The van der Waals surface area contributed by atoms with Crippen molar-refractivity contribution < 1.29 is 5.11 Å². The number of nitrogens with zero attached hydrogens (tertiary/aromatic N) is 1. The molecule has 1 atom stereocenters. The molecule has 1 N–H and O–H groups in total. The number of thiazole rings is 1. The summed E-state index contributed by atoms with van der Waals surface area (Å²) in [5.41, 5.74) is 2.02. The number of rotatable bonds is 6. The van der Waals surface area contributed by atoms with E-state index in [9.17, 15) is 5.11 Å². The van der Waals surface area contributed by atoms with Crippen molar-refractivity contribution >= 4 is 11.3 Å². The molecule has 1 aromatic heterocycles.